The number of hydrogen-bond donors (Lipinski definition) is 1. The second kappa shape index (κ2) is 6.90. The third kappa shape index (κ3) is 3.84. The summed E-state index contributed by atoms with van der Waals surface area (Å²) in [6.45, 7) is 7.72. The maximum atomic E-state index is 13.1. The van der Waals surface area contributed by atoms with Gasteiger partial charge < -0.3 is 14.8 Å². The van der Waals surface area contributed by atoms with E-state index in [0.29, 0.717) is 18.3 Å². The highest BCUT2D eigenvalue weighted by Crippen LogP contribution is 2.25. The molecule has 0 amide bonds. The Balaban J connectivity index is 1.91. The van der Waals surface area contributed by atoms with Crippen LogP contribution in [0.5, 0.6) is 5.75 Å². The lowest BCUT2D eigenvalue weighted by molar-refractivity contribution is -0.0315. The molecule has 1 heterocycles. The summed E-state index contributed by atoms with van der Waals surface area (Å²) in [7, 11) is 1.54. The molecule has 1 unspecified atom stereocenters. The zero-order valence-corrected chi connectivity index (χ0v) is 12.4. The van der Waals surface area contributed by atoms with Gasteiger partial charge in [0.05, 0.1) is 25.5 Å². The van der Waals surface area contributed by atoms with E-state index in [1.165, 1.54) is 19.2 Å². The van der Waals surface area contributed by atoms with Gasteiger partial charge in [-0.15, -0.1) is 0 Å². The summed E-state index contributed by atoms with van der Waals surface area (Å²) in [5.74, 6) is 0.217. The molecule has 0 bridgehead atoms. The average Bonchev–Trinajstić information content (AvgIpc) is 2.46. The van der Waals surface area contributed by atoms with Crippen molar-refractivity contribution in [1.29, 1.82) is 0 Å². The summed E-state index contributed by atoms with van der Waals surface area (Å²) in [6.07, 6.45) is 0.140. The smallest absolute Gasteiger partial charge is 0.144 e. The quantitative estimate of drug-likeness (QED) is 0.899. The van der Waals surface area contributed by atoms with E-state index in [9.17, 15) is 4.39 Å². The Bertz CT molecular complexity index is 440. The van der Waals surface area contributed by atoms with Crippen LogP contribution in [0.25, 0.3) is 0 Å². The fourth-order valence-electron chi connectivity index (χ4n) is 2.37. The molecule has 4 nitrogen and oxygen atoms in total. The van der Waals surface area contributed by atoms with Gasteiger partial charge in [0.2, 0.25) is 0 Å². The molecular weight excluding hydrogens is 259 g/mol. The van der Waals surface area contributed by atoms with E-state index < -0.39 is 0 Å². The minimum absolute atomic E-state index is 0.140. The number of anilines is 1. The number of nitrogens with zero attached hydrogens (tertiary/aromatic N) is 1. The summed E-state index contributed by atoms with van der Waals surface area (Å²) >= 11 is 0. The number of benzene rings is 1. The first-order valence-corrected chi connectivity index (χ1v) is 7.03. The normalized spacial score (nSPS) is 20.1. The predicted molar refractivity (Wildman–Crippen MR) is 77.9 cm³/mol. The summed E-state index contributed by atoms with van der Waals surface area (Å²) in [4.78, 5) is 2.40. The topological polar surface area (TPSA) is 33.7 Å². The van der Waals surface area contributed by atoms with Gasteiger partial charge in [0.1, 0.15) is 11.6 Å². The van der Waals surface area contributed by atoms with E-state index >= 15 is 0 Å². The molecule has 1 aliphatic heterocycles. The van der Waals surface area contributed by atoms with Gasteiger partial charge in [0.15, 0.2) is 0 Å². The van der Waals surface area contributed by atoms with Gasteiger partial charge in [-0.3, -0.25) is 4.90 Å². The van der Waals surface area contributed by atoms with Crippen LogP contribution in [0.3, 0.4) is 0 Å². The van der Waals surface area contributed by atoms with E-state index in [1.54, 1.807) is 6.07 Å². The lowest BCUT2D eigenvalue weighted by Crippen LogP contribution is -2.48. The lowest BCUT2D eigenvalue weighted by Gasteiger charge is -2.35. The third-order valence-electron chi connectivity index (χ3n) is 3.58. The highest BCUT2D eigenvalue weighted by Gasteiger charge is 2.22. The van der Waals surface area contributed by atoms with Gasteiger partial charge in [-0.05, 0) is 26.0 Å². The van der Waals surface area contributed by atoms with Gasteiger partial charge >= 0.3 is 0 Å². The maximum Gasteiger partial charge on any atom is 0.144 e. The standard InChI is InChI=1S/C15H23FN2O2/c1-11(2)18-6-7-20-13(10-18)9-17-14-5-4-12(16)8-15(14)19-3/h4-5,8,11,13,17H,6-7,9-10H2,1-3H3. The largest absolute Gasteiger partial charge is 0.494 e. The summed E-state index contributed by atoms with van der Waals surface area (Å²) in [6, 6.07) is 5.02. The van der Waals surface area contributed by atoms with Crippen LogP contribution in [0.2, 0.25) is 0 Å². The van der Waals surface area contributed by atoms with Crippen molar-refractivity contribution in [3.8, 4) is 5.75 Å². The van der Waals surface area contributed by atoms with E-state index in [4.69, 9.17) is 9.47 Å². The number of nitrogens with one attached hydrogen (secondary N) is 1. The SMILES string of the molecule is COc1cc(F)ccc1NCC1CN(C(C)C)CCO1. The van der Waals surface area contributed by atoms with E-state index in [0.717, 1.165) is 25.4 Å². The molecule has 0 spiro atoms. The molecule has 112 valence electrons. The van der Waals surface area contributed by atoms with Crippen molar-refractivity contribution in [1.82, 2.24) is 4.90 Å². The van der Waals surface area contributed by atoms with Gasteiger partial charge in [-0.1, -0.05) is 0 Å². The maximum absolute atomic E-state index is 13.1. The van der Waals surface area contributed by atoms with Crippen LogP contribution in [-0.4, -0.2) is 50.4 Å². The van der Waals surface area contributed by atoms with Crippen molar-refractivity contribution in [2.75, 3.05) is 38.7 Å². The van der Waals surface area contributed by atoms with E-state index in [1.807, 2.05) is 0 Å². The molecule has 1 aromatic rings. The Morgan fingerprint density at radius 3 is 3.00 bits per heavy atom. The Labute approximate surface area is 119 Å². The molecule has 0 aromatic heterocycles. The zero-order chi connectivity index (χ0) is 14.5. The zero-order valence-electron chi connectivity index (χ0n) is 12.4. The molecule has 1 aliphatic rings. The minimum atomic E-state index is -0.299. The monoisotopic (exact) mass is 282 g/mol. The fraction of sp³-hybridized carbons (Fsp3) is 0.600. The number of rotatable bonds is 5. The molecule has 1 aromatic carbocycles. The summed E-state index contributed by atoms with van der Waals surface area (Å²) in [5, 5.41) is 3.28. The van der Waals surface area contributed by atoms with Gasteiger partial charge in [0, 0.05) is 31.7 Å². The van der Waals surface area contributed by atoms with Crippen molar-refractivity contribution >= 4 is 5.69 Å². The summed E-state index contributed by atoms with van der Waals surface area (Å²) < 4.78 is 24.1. The first-order valence-electron chi connectivity index (χ1n) is 7.03. The first kappa shape index (κ1) is 15.1. The molecule has 20 heavy (non-hydrogen) atoms. The highest BCUT2D eigenvalue weighted by molar-refractivity contribution is 5.56. The van der Waals surface area contributed by atoms with Crippen molar-refractivity contribution in [3.05, 3.63) is 24.0 Å². The molecule has 1 atom stereocenters. The minimum Gasteiger partial charge on any atom is -0.494 e. The van der Waals surface area contributed by atoms with E-state index in [-0.39, 0.29) is 11.9 Å². The van der Waals surface area contributed by atoms with E-state index in [2.05, 4.69) is 24.1 Å². The molecule has 0 radical (unpaired) electrons. The molecule has 0 saturated carbocycles. The van der Waals surface area contributed by atoms with Crippen molar-refractivity contribution in [3.63, 3.8) is 0 Å². The summed E-state index contributed by atoms with van der Waals surface area (Å²) in [5.41, 5.74) is 0.791. The van der Waals surface area contributed by atoms with Crippen LogP contribution in [0, 0.1) is 5.82 Å². The molecule has 5 heteroatoms. The number of ether oxygens (including phenoxy) is 2. The van der Waals surface area contributed by atoms with Crippen LogP contribution in [0.1, 0.15) is 13.8 Å². The van der Waals surface area contributed by atoms with Crippen LogP contribution < -0.4 is 10.1 Å². The number of methoxy groups -OCH3 is 1. The highest BCUT2D eigenvalue weighted by atomic mass is 19.1. The Hall–Kier alpha value is -1.33. The number of halogens is 1. The van der Waals surface area contributed by atoms with Crippen LogP contribution in [-0.2, 0) is 4.74 Å². The second-order valence-electron chi connectivity index (χ2n) is 5.31. The van der Waals surface area contributed by atoms with Crippen LogP contribution in [0.4, 0.5) is 10.1 Å². The van der Waals surface area contributed by atoms with Crippen molar-refractivity contribution in [2.45, 2.75) is 26.0 Å². The van der Waals surface area contributed by atoms with Crippen molar-refractivity contribution in [2.24, 2.45) is 0 Å². The molecular formula is C15H23FN2O2. The van der Waals surface area contributed by atoms with Crippen molar-refractivity contribution < 1.29 is 13.9 Å². The number of hydrogen-bond acceptors (Lipinski definition) is 4. The van der Waals surface area contributed by atoms with Gasteiger partial charge in [-0.25, -0.2) is 4.39 Å². The Morgan fingerprint density at radius 1 is 1.50 bits per heavy atom. The molecule has 1 fully saturated rings. The Kier molecular flexibility index (Phi) is 5.20. The van der Waals surface area contributed by atoms with Crippen LogP contribution in [0.15, 0.2) is 18.2 Å². The molecule has 1 N–H and O–H groups in total. The number of morpholine rings is 1. The average molecular weight is 282 g/mol. The first-order chi connectivity index (χ1) is 9.60. The Morgan fingerprint density at radius 2 is 2.30 bits per heavy atom. The lowest BCUT2D eigenvalue weighted by atomic mass is 10.2. The fourth-order valence-corrected chi connectivity index (χ4v) is 2.37. The van der Waals surface area contributed by atoms with Gasteiger partial charge in [-0.2, -0.15) is 0 Å². The van der Waals surface area contributed by atoms with Gasteiger partial charge in [0.25, 0.3) is 0 Å². The predicted octanol–water partition coefficient (Wildman–Crippen LogP) is 2.36. The van der Waals surface area contributed by atoms with Crippen LogP contribution >= 0.6 is 0 Å². The third-order valence-corrected chi connectivity index (χ3v) is 3.58. The molecule has 0 aliphatic carbocycles. The second-order valence-corrected chi connectivity index (χ2v) is 5.31. The molecule has 2 rings (SSSR count). The molecule has 1 saturated heterocycles.